The van der Waals surface area contributed by atoms with Gasteiger partial charge in [0.1, 0.15) is 12.1 Å². The lowest BCUT2D eigenvalue weighted by Gasteiger charge is -2.30. The first-order chi connectivity index (χ1) is 11.5. The van der Waals surface area contributed by atoms with Gasteiger partial charge in [0.15, 0.2) is 0 Å². The van der Waals surface area contributed by atoms with Crippen molar-refractivity contribution in [2.45, 2.75) is 45.2 Å². The number of hydrogen-bond acceptors (Lipinski definition) is 3. The normalized spacial score (nSPS) is 19.6. The highest BCUT2D eigenvalue weighted by Gasteiger charge is 2.39. The van der Waals surface area contributed by atoms with Gasteiger partial charge in [-0.2, -0.15) is 0 Å². The van der Waals surface area contributed by atoms with Crippen LogP contribution in [0.1, 0.15) is 43.5 Å². The van der Waals surface area contributed by atoms with E-state index in [-0.39, 0.29) is 17.7 Å². The number of carboxylic acids is 1. The number of amides is 2. The first-order valence-electron chi connectivity index (χ1n) is 8.35. The maximum absolute atomic E-state index is 12.9. The number of carbonyl (C=O) groups excluding carboxylic acids is 2. The number of hydrogen-bond donors (Lipinski definition) is 2. The lowest BCUT2D eigenvalue weighted by Crippen LogP contribution is -2.54. The maximum Gasteiger partial charge on any atom is 0.326 e. The van der Waals surface area contributed by atoms with E-state index in [4.69, 9.17) is 0 Å². The fraction of sp³-hybridized carbons (Fsp3) is 0.500. The van der Waals surface area contributed by atoms with Gasteiger partial charge in [-0.3, -0.25) is 9.59 Å². The molecule has 24 heavy (non-hydrogen) atoms. The van der Waals surface area contributed by atoms with E-state index in [1.807, 2.05) is 19.9 Å². The maximum atomic E-state index is 12.9. The molecule has 1 aliphatic rings. The Kier molecular flexibility index (Phi) is 5.95. The number of carboxylic acid groups (broad SMARTS) is 1. The number of carbonyl (C=O) groups is 3. The first kappa shape index (κ1) is 18.0. The minimum atomic E-state index is -0.988. The van der Waals surface area contributed by atoms with E-state index in [1.165, 1.54) is 4.90 Å². The van der Waals surface area contributed by atoms with Crippen molar-refractivity contribution in [1.29, 1.82) is 0 Å². The van der Waals surface area contributed by atoms with E-state index >= 15 is 0 Å². The Balaban J connectivity index is 2.17. The molecule has 1 fully saturated rings. The first-order valence-corrected chi connectivity index (χ1v) is 8.35. The van der Waals surface area contributed by atoms with E-state index in [9.17, 15) is 19.5 Å². The lowest BCUT2D eigenvalue weighted by atomic mass is 9.97. The molecule has 1 aromatic rings. The minimum absolute atomic E-state index is 0.0831. The van der Waals surface area contributed by atoms with Crippen LogP contribution in [0.3, 0.4) is 0 Å². The van der Waals surface area contributed by atoms with E-state index in [2.05, 4.69) is 5.32 Å². The standard InChI is InChI=1S/C18H24N2O4/c1-3-12(2)15(19-16(21)13-8-5-4-6-9-13)17(22)20-11-7-10-14(20)18(23)24/h4-6,8-9,12,14-15H,3,7,10-11H2,1-2H3,(H,19,21)(H,23,24)/t12?,14-,15-/m0/s1. The molecule has 0 aromatic heterocycles. The van der Waals surface area contributed by atoms with Crippen molar-refractivity contribution in [2.75, 3.05) is 6.54 Å². The summed E-state index contributed by atoms with van der Waals surface area (Å²) in [5.41, 5.74) is 0.481. The quantitative estimate of drug-likeness (QED) is 0.833. The van der Waals surface area contributed by atoms with Crippen LogP contribution in [0.15, 0.2) is 30.3 Å². The average molecular weight is 332 g/mol. The van der Waals surface area contributed by atoms with Gasteiger partial charge in [0, 0.05) is 12.1 Å². The van der Waals surface area contributed by atoms with Gasteiger partial charge in [-0.05, 0) is 30.9 Å². The highest BCUT2D eigenvalue weighted by atomic mass is 16.4. The second-order valence-electron chi connectivity index (χ2n) is 6.23. The van der Waals surface area contributed by atoms with E-state index < -0.39 is 18.1 Å². The van der Waals surface area contributed by atoms with Crippen molar-refractivity contribution in [1.82, 2.24) is 10.2 Å². The molecule has 2 N–H and O–H groups in total. The van der Waals surface area contributed by atoms with Crippen molar-refractivity contribution < 1.29 is 19.5 Å². The molecule has 1 heterocycles. The molecule has 0 aliphatic carbocycles. The second-order valence-corrected chi connectivity index (χ2v) is 6.23. The smallest absolute Gasteiger partial charge is 0.326 e. The van der Waals surface area contributed by atoms with Crippen molar-refractivity contribution in [3.8, 4) is 0 Å². The van der Waals surface area contributed by atoms with Crippen molar-refractivity contribution in [3.63, 3.8) is 0 Å². The molecule has 1 aliphatic heterocycles. The van der Waals surface area contributed by atoms with Crippen LogP contribution >= 0.6 is 0 Å². The Bertz CT molecular complexity index is 602. The van der Waals surface area contributed by atoms with Crippen LogP contribution in [0, 0.1) is 5.92 Å². The van der Waals surface area contributed by atoms with Gasteiger partial charge >= 0.3 is 5.97 Å². The summed E-state index contributed by atoms with van der Waals surface area (Å²) < 4.78 is 0. The van der Waals surface area contributed by atoms with Gasteiger partial charge in [0.25, 0.3) is 5.91 Å². The Morgan fingerprint density at radius 1 is 1.29 bits per heavy atom. The Labute approximate surface area is 141 Å². The topological polar surface area (TPSA) is 86.7 Å². The fourth-order valence-corrected chi connectivity index (χ4v) is 2.96. The van der Waals surface area contributed by atoms with Gasteiger partial charge in [-0.1, -0.05) is 38.5 Å². The minimum Gasteiger partial charge on any atom is -0.480 e. The molecule has 0 bridgehead atoms. The molecule has 1 unspecified atom stereocenters. The van der Waals surface area contributed by atoms with Crippen molar-refractivity contribution >= 4 is 17.8 Å². The summed E-state index contributed by atoms with van der Waals surface area (Å²) in [5.74, 6) is -1.70. The predicted octanol–water partition coefficient (Wildman–Crippen LogP) is 1.91. The molecule has 130 valence electrons. The molecule has 6 nitrogen and oxygen atoms in total. The van der Waals surface area contributed by atoms with Crippen LogP contribution in [0.4, 0.5) is 0 Å². The van der Waals surface area contributed by atoms with E-state index in [1.54, 1.807) is 24.3 Å². The number of rotatable bonds is 6. The molecular formula is C18H24N2O4. The highest BCUT2D eigenvalue weighted by molar-refractivity contribution is 5.98. The molecule has 2 rings (SSSR count). The summed E-state index contributed by atoms with van der Waals surface area (Å²) in [6, 6.07) is 7.19. The third-order valence-electron chi connectivity index (χ3n) is 4.62. The van der Waals surface area contributed by atoms with Gasteiger partial charge in [-0.15, -0.1) is 0 Å². The van der Waals surface area contributed by atoms with Crippen molar-refractivity contribution in [3.05, 3.63) is 35.9 Å². The van der Waals surface area contributed by atoms with Crippen LogP contribution < -0.4 is 5.32 Å². The fourth-order valence-electron chi connectivity index (χ4n) is 2.96. The van der Waals surface area contributed by atoms with Crippen molar-refractivity contribution in [2.24, 2.45) is 5.92 Å². The Hall–Kier alpha value is -2.37. The average Bonchev–Trinajstić information content (AvgIpc) is 3.09. The van der Waals surface area contributed by atoms with Crippen LogP contribution in [0.5, 0.6) is 0 Å². The van der Waals surface area contributed by atoms with Crippen LogP contribution in [0.25, 0.3) is 0 Å². The zero-order valence-electron chi connectivity index (χ0n) is 14.1. The predicted molar refractivity (Wildman–Crippen MR) is 89.5 cm³/mol. The molecule has 0 spiro atoms. The third-order valence-corrected chi connectivity index (χ3v) is 4.62. The zero-order valence-corrected chi connectivity index (χ0v) is 14.1. The van der Waals surface area contributed by atoms with Crippen LogP contribution in [0.2, 0.25) is 0 Å². The van der Waals surface area contributed by atoms with E-state index in [0.29, 0.717) is 31.4 Å². The molecule has 3 atom stereocenters. The zero-order chi connectivity index (χ0) is 17.7. The summed E-state index contributed by atoms with van der Waals surface area (Å²) in [4.78, 5) is 38.0. The van der Waals surface area contributed by atoms with Gasteiger partial charge in [0.2, 0.25) is 5.91 Å². The number of aliphatic carboxylic acids is 1. The summed E-state index contributed by atoms with van der Waals surface area (Å²) in [7, 11) is 0. The molecule has 0 saturated carbocycles. The SMILES string of the molecule is CCC(C)[C@H](NC(=O)c1ccccc1)C(=O)N1CCC[C@H]1C(=O)O. The largest absolute Gasteiger partial charge is 0.480 e. The van der Waals surface area contributed by atoms with Crippen LogP contribution in [-0.2, 0) is 9.59 Å². The Morgan fingerprint density at radius 2 is 1.96 bits per heavy atom. The number of benzene rings is 1. The van der Waals surface area contributed by atoms with Gasteiger partial charge < -0.3 is 15.3 Å². The summed E-state index contributed by atoms with van der Waals surface area (Å²) >= 11 is 0. The Morgan fingerprint density at radius 3 is 2.54 bits per heavy atom. The van der Waals surface area contributed by atoms with Gasteiger partial charge in [-0.25, -0.2) is 4.79 Å². The third kappa shape index (κ3) is 3.93. The molecule has 0 radical (unpaired) electrons. The molecule has 2 amide bonds. The lowest BCUT2D eigenvalue weighted by molar-refractivity contribution is -0.149. The number of nitrogens with one attached hydrogen (secondary N) is 1. The summed E-state index contributed by atoms with van der Waals surface area (Å²) in [6.45, 7) is 4.25. The summed E-state index contributed by atoms with van der Waals surface area (Å²) in [6.07, 6.45) is 1.83. The molecule has 1 saturated heterocycles. The van der Waals surface area contributed by atoms with Gasteiger partial charge in [0.05, 0.1) is 0 Å². The molecule has 6 heteroatoms. The summed E-state index contributed by atoms with van der Waals surface area (Å²) in [5, 5.41) is 12.1. The van der Waals surface area contributed by atoms with E-state index in [0.717, 1.165) is 0 Å². The second kappa shape index (κ2) is 7.95. The molecular weight excluding hydrogens is 308 g/mol. The highest BCUT2D eigenvalue weighted by Crippen LogP contribution is 2.21. The van der Waals surface area contributed by atoms with Crippen LogP contribution in [-0.4, -0.2) is 46.4 Å². The molecule has 1 aromatic carbocycles. The number of nitrogens with zero attached hydrogens (tertiary/aromatic N) is 1. The number of likely N-dealkylation sites (tertiary alicyclic amines) is 1. The monoisotopic (exact) mass is 332 g/mol.